The van der Waals surface area contributed by atoms with E-state index in [1.807, 2.05) is 75.4 Å². The number of anilines is 1. The number of fused-ring (bicyclic) bond motifs is 1. The monoisotopic (exact) mass is 492 g/mol. The summed E-state index contributed by atoms with van der Waals surface area (Å²) in [4.78, 5) is 32.9. The van der Waals surface area contributed by atoms with Gasteiger partial charge in [-0.1, -0.05) is 63.2 Å². The number of carbonyl (C=O) groups is 2. The second-order valence-electron chi connectivity index (χ2n) is 10.1. The van der Waals surface area contributed by atoms with Gasteiger partial charge in [-0.15, -0.1) is 0 Å². The molecule has 0 radical (unpaired) electrons. The molecule has 0 bridgehead atoms. The van der Waals surface area contributed by atoms with Crippen LogP contribution < -0.4 is 9.64 Å². The predicted octanol–water partition coefficient (Wildman–Crippen LogP) is 6.17. The topological polar surface area (TPSA) is 79.7 Å². The molecule has 37 heavy (non-hydrogen) atoms. The van der Waals surface area contributed by atoms with Crippen molar-refractivity contribution in [1.82, 2.24) is 4.98 Å². The number of nitrogens with zero attached hydrogens (tertiary/aromatic N) is 2. The zero-order valence-corrected chi connectivity index (χ0v) is 21.2. The van der Waals surface area contributed by atoms with Crippen molar-refractivity contribution in [2.24, 2.45) is 0 Å². The molecule has 186 valence electrons. The lowest BCUT2D eigenvalue weighted by Crippen LogP contribution is -2.29. The van der Waals surface area contributed by atoms with Crippen molar-refractivity contribution in [3.05, 3.63) is 107 Å². The molecule has 5 rings (SSSR count). The highest BCUT2D eigenvalue weighted by Gasteiger charge is 2.47. The molecule has 2 heterocycles. The van der Waals surface area contributed by atoms with Gasteiger partial charge >= 0.3 is 0 Å². The quantitative estimate of drug-likeness (QED) is 0.209. The maximum Gasteiger partial charge on any atom is 0.300 e. The van der Waals surface area contributed by atoms with Crippen LogP contribution in [0.5, 0.6) is 5.75 Å². The van der Waals surface area contributed by atoms with E-state index in [9.17, 15) is 14.7 Å². The Bertz CT molecular complexity index is 1550. The van der Waals surface area contributed by atoms with Crippen LogP contribution in [0.1, 0.15) is 43.5 Å². The fourth-order valence-corrected chi connectivity index (χ4v) is 4.95. The molecule has 1 amide bonds. The Kier molecular flexibility index (Phi) is 6.04. The summed E-state index contributed by atoms with van der Waals surface area (Å²) in [5.74, 6) is -0.990. The van der Waals surface area contributed by atoms with Gasteiger partial charge in [0.25, 0.3) is 11.7 Å². The van der Waals surface area contributed by atoms with Crippen LogP contribution in [0.25, 0.3) is 16.5 Å². The summed E-state index contributed by atoms with van der Waals surface area (Å²) in [6, 6.07) is 21.3. The number of aliphatic hydroxyl groups excluding tert-OH is 1. The van der Waals surface area contributed by atoms with Crippen LogP contribution in [-0.4, -0.2) is 28.9 Å². The van der Waals surface area contributed by atoms with Gasteiger partial charge in [-0.05, 0) is 46.7 Å². The molecule has 1 fully saturated rings. The van der Waals surface area contributed by atoms with Crippen LogP contribution >= 0.6 is 0 Å². The first kappa shape index (κ1) is 24.3. The number of hydrogen-bond acceptors (Lipinski definition) is 5. The van der Waals surface area contributed by atoms with E-state index >= 15 is 0 Å². The summed E-state index contributed by atoms with van der Waals surface area (Å²) < 4.78 is 5.54. The van der Waals surface area contributed by atoms with Gasteiger partial charge in [0, 0.05) is 28.9 Å². The lowest BCUT2D eigenvalue weighted by Gasteiger charge is -2.26. The van der Waals surface area contributed by atoms with Crippen LogP contribution in [0.3, 0.4) is 0 Å². The van der Waals surface area contributed by atoms with Crippen LogP contribution in [0.15, 0.2) is 90.8 Å². The summed E-state index contributed by atoms with van der Waals surface area (Å²) >= 11 is 0. The molecule has 6 heteroatoms. The molecule has 0 saturated carbocycles. The first-order chi connectivity index (χ1) is 17.7. The molecule has 1 aliphatic heterocycles. The zero-order chi connectivity index (χ0) is 26.3. The third kappa shape index (κ3) is 4.14. The van der Waals surface area contributed by atoms with Gasteiger partial charge in [0.1, 0.15) is 11.5 Å². The summed E-state index contributed by atoms with van der Waals surface area (Å²) in [5.41, 5.74) is 2.28. The van der Waals surface area contributed by atoms with E-state index in [1.54, 1.807) is 37.7 Å². The second-order valence-corrected chi connectivity index (χ2v) is 10.1. The van der Waals surface area contributed by atoms with E-state index < -0.39 is 17.7 Å². The van der Waals surface area contributed by atoms with Gasteiger partial charge in [0.05, 0.1) is 24.4 Å². The van der Waals surface area contributed by atoms with Crippen molar-refractivity contribution in [1.29, 1.82) is 0 Å². The predicted molar refractivity (Wildman–Crippen MR) is 145 cm³/mol. The fraction of sp³-hybridized carbons (Fsp3) is 0.194. The van der Waals surface area contributed by atoms with Crippen molar-refractivity contribution >= 4 is 33.9 Å². The van der Waals surface area contributed by atoms with E-state index in [-0.39, 0.29) is 16.7 Å². The highest BCUT2D eigenvalue weighted by Crippen LogP contribution is 2.44. The Balaban J connectivity index is 1.76. The average molecular weight is 493 g/mol. The highest BCUT2D eigenvalue weighted by molar-refractivity contribution is 6.52. The second kappa shape index (κ2) is 9.21. The van der Waals surface area contributed by atoms with Crippen molar-refractivity contribution in [3.8, 4) is 5.75 Å². The Morgan fingerprint density at radius 1 is 0.973 bits per heavy atom. The fourth-order valence-electron chi connectivity index (χ4n) is 4.95. The van der Waals surface area contributed by atoms with E-state index in [1.165, 1.54) is 4.90 Å². The molecule has 6 nitrogen and oxygen atoms in total. The number of rotatable bonds is 4. The van der Waals surface area contributed by atoms with Crippen LogP contribution in [0.2, 0.25) is 0 Å². The maximum atomic E-state index is 13.6. The number of aromatic nitrogens is 1. The Morgan fingerprint density at radius 2 is 1.73 bits per heavy atom. The van der Waals surface area contributed by atoms with E-state index in [0.717, 1.165) is 16.3 Å². The van der Waals surface area contributed by atoms with Gasteiger partial charge < -0.3 is 9.84 Å². The molecule has 1 atom stereocenters. The normalized spacial score (nSPS) is 17.4. The van der Waals surface area contributed by atoms with Crippen LogP contribution in [-0.2, 0) is 15.0 Å². The molecule has 1 saturated heterocycles. The molecule has 0 aliphatic carbocycles. The number of ketones is 1. The van der Waals surface area contributed by atoms with E-state index in [4.69, 9.17) is 4.74 Å². The molecule has 4 aromatic rings. The van der Waals surface area contributed by atoms with Crippen molar-refractivity contribution < 1.29 is 19.4 Å². The summed E-state index contributed by atoms with van der Waals surface area (Å²) in [5, 5.41) is 13.4. The van der Waals surface area contributed by atoms with E-state index in [0.29, 0.717) is 22.6 Å². The molecular formula is C31H28N2O4. The van der Waals surface area contributed by atoms with Gasteiger partial charge in [-0.25, -0.2) is 0 Å². The van der Waals surface area contributed by atoms with Crippen LogP contribution in [0.4, 0.5) is 5.69 Å². The van der Waals surface area contributed by atoms with Crippen molar-refractivity contribution in [2.75, 3.05) is 12.0 Å². The van der Waals surface area contributed by atoms with Gasteiger partial charge in [-0.2, -0.15) is 0 Å². The summed E-state index contributed by atoms with van der Waals surface area (Å²) in [6.07, 6.45) is 3.25. The number of hydrogen-bond donors (Lipinski definition) is 1. The molecule has 1 unspecified atom stereocenters. The standard InChI is InChI=1S/C31H28N2O4/c1-31(2,3)23-17-20(14-15-25(23)37-4)28(34)26-27(21-11-8-16-32-18-21)33(30(36)29(26)35)24-13-7-10-19-9-5-6-12-22(19)24/h5-18,27,34H,1-4H3/b28-26+. The maximum absolute atomic E-state index is 13.6. The lowest BCUT2D eigenvalue weighted by molar-refractivity contribution is -0.132. The Labute approximate surface area is 215 Å². The molecule has 1 N–H and O–H groups in total. The SMILES string of the molecule is COc1ccc(/C(O)=C2\C(=O)C(=O)N(c3cccc4ccccc34)C2c2cccnc2)cc1C(C)(C)C. The van der Waals surface area contributed by atoms with Gasteiger partial charge in [-0.3, -0.25) is 19.5 Å². The number of benzene rings is 3. The first-order valence-electron chi connectivity index (χ1n) is 12.1. The zero-order valence-electron chi connectivity index (χ0n) is 21.2. The molecule has 1 aromatic heterocycles. The first-order valence-corrected chi connectivity index (χ1v) is 12.1. The van der Waals surface area contributed by atoms with Crippen molar-refractivity contribution in [2.45, 2.75) is 32.2 Å². The highest BCUT2D eigenvalue weighted by atomic mass is 16.5. The van der Waals surface area contributed by atoms with Crippen molar-refractivity contribution in [3.63, 3.8) is 0 Å². The summed E-state index contributed by atoms with van der Waals surface area (Å²) in [6.45, 7) is 6.14. The Morgan fingerprint density at radius 3 is 2.43 bits per heavy atom. The molecular weight excluding hydrogens is 464 g/mol. The molecule has 0 spiro atoms. The van der Waals surface area contributed by atoms with Gasteiger partial charge in [0.2, 0.25) is 0 Å². The number of Topliss-reactive ketones (excluding diaryl/α,β-unsaturated/α-hetero) is 1. The third-order valence-electron chi connectivity index (χ3n) is 6.75. The minimum absolute atomic E-state index is 0.0240. The molecule has 1 aliphatic rings. The number of methoxy groups -OCH3 is 1. The Hall–Kier alpha value is -4.45. The number of ether oxygens (including phenoxy) is 1. The third-order valence-corrected chi connectivity index (χ3v) is 6.75. The van der Waals surface area contributed by atoms with Crippen LogP contribution in [0, 0.1) is 0 Å². The molecule has 3 aromatic carbocycles. The number of amides is 1. The van der Waals surface area contributed by atoms with Gasteiger partial charge in [0.15, 0.2) is 0 Å². The van der Waals surface area contributed by atoms with E-state index in [2.05, 4.69) is 4.98 Å². The largest absolute Gasteiger partial charge is 0.507 e. The number of aliphatic hydroxyl groups is 1. The minimum Gasteiger partial charge on any atom is -0.507 e. The average Bonchev–Trinajstić information content (AvgIpc) is 3.17. The lowest BCUT2D eigenvalue weighted by atomic mass is 9.84. The smallest absolute Gasteiger partial charge is 0.300 e. The number of pyridine rings is 1. The number of carbonyl (C=O) groups excluding carboxylic acids is 2. The summed E-state index contributed by atoms with van der Waals surface area (Å²) in [7, 11) is 1.60. The minimum atomic E-state index is -0.848.